The summed E-state index contributed by atoms with van der Waals surface area (Å²) in [7, 11) is 1.54. The van der Waals surface area contributed by atoms with Crippen molar-refractivity contribution in [3.8, 4) is 0 Å². The third-order valence-corrected chi connectivity index (χ3v) is 8.53. The van der Waals surface area contributed by atoms with Crippen LogP contribution < -0.4 is 16.4 Å². The van der Waals surface area contributed by atoms with Crippen LogP contribution in [0.3, 0.4) is 0 Å². The van der Waals surface area contributed by atoms with E-state index in [0.717, 1.165) is 41.7 Å². The molecule has 0 spiro atoms. The number of hydrogen-bond donors (Lipinski definition) is 3. The lowest BCUT2D eigenvalue weighted by atomic mass is 9.99. The zero-order valence-electron chi connectivity index (χ0n) is 20.3. The number of hydrogen-bond acceptors (Lipinski definition) is 5. The van der Waals surface area contributed by atoms with Crippen molar-refractivity contribution in [2.45, 2.75) is 57.0 Å². The van der Waals surface area contributed by atoms with Crippen molar-refractivity contribution in [2.24, 2.45) is 11.7 Å². The summed E-state index contributed by atoms with van der Waals surface area (Å²) in [6.07, 6.45) is 5.20. The number of thiophene rings is 1. The van der Waals surface area contributed by atoms with E-state index in [1.807, 2.05) is 11.0 Å². The number of nitrogens with two attached hydrogens (primary N) is 1. The molecule has 1 aromatic heterocycles. The first kappa shape index (κ1) is 24.3. The molecule has 1 saturated carbocycles. The van der Waals surface area contributed by atoms with Crippen molar-refractivity contribution >= 4 is 40.9 Å². The van der Waals surface area contributed by atoms with Crippen LogP contribution in [0.4, 0.5) is 15.3 Å². The lowest BCUT2D eigenvalue weighted by Crippen LogP contribution is -2.51. The van der Waals surface area contributed by atoms with Gasteiger partial charge < -0.3 is 21.3 Å². The number of amides is 6. The second kappa shape index (κ2) is 9.93. The molecule has 0 bridgehead atoms. The van der Waals surface area contributed by atoms with Crippen LogP contribution in [0, 0.1) is 5.92 Å². The maximum Gasteiger partial charge on any atom is 0.321 e. The van der Waals surface area contributed by atoms with Crippen molar-refractivity contribution in [1.82, 2.24) is 15.1 Å². The number of fused-ring (bicyclic) bond motifs is 2. The van der Waals surface area contributed by atoms with Gasteiger partial charge in [0.25, 0.3) is 0 Å². The number of rotatable bonds is 5. The normalized spacial score (nSPS) is 20.6. The van der Waals surface area contributed by atoms with Crippen molar-refractivity contribution in [3.05, 3.63) is 51.2 Å². The second-order valence-corrected chi connectivity index (χ2v) is 10.8. The molecule has 5 rings (SSSR count). The third-order valence-electron chi connectivity index (χ3n) is 7.58. The monoisotopic (exact) mass is 509 g/mol. The molecule has 2 atom stereocenters. The lowest BCUT2D eigenvalue weighted by molar-refractivity contribution is -0.141. The number of aryl methyl sites for hydroxylation is 2. The second-order valence-electron chi connectivity index (χ2n) is 9.81. The van der Waals surface area contributed by atoms with Crippen LogP contribution in [-0.2, 0) is 29.0 Å². The molecule has 190 valence electrons. The summed E-state index contributed by atoms with van der Waals surface area (Å²) >= 11 is 1.65. The van der Waals surface area contributed by atoms with Crippen molar-refractivity contribution in [2.75, 3.05) is 18.9 Å². The summed E-state index contributed by atoms with van der Waals surface area (Å²) in [6, 6.07) is 6.39. The van der Waals surface area contributed by atoms with Gasteiger partial charge in [0.05, 0.1) is 12.5 Å². The third kappa shape index (κ3) is 4.82. The number of primary amides is 1. The van der Waals surface area contributed by atoms with E-state index < -0.39 is 17.9 Å². The summed E-state index contributed by atoms with van der Waals surface area (Å²) in [4.78, 5) is 55.1. The summed E-state index contributed by atoms with van der Waals surface area (Å²) < 4.78 is 0. The van der Waals surface area contributed by atoms with Crippen molar-refractivity contribution < 1.29 is 19.2 Å². The van der Waals surface area contributed by atoms with Gasteiger partial charge in [0.1, 0.15) is 6.54 Å². The highest BCUT2D eigenvalue weighted by atomic mass is 32.1. The quantitative estimate of drug-likeness (QED) is 0.572. The van der Waals surface area contributed by atoms with Crippen LogP contribution in [-0.4, -0.2) is 53.3 Å². The van der Waals surface area contributed by atoms with Gasteiger partial charge in [-0.2, -0.15) is 0 Å². The molecule has 10 heteroatoms. The van der Waals surface area contributed by atoms with Crippen LogP contribution in [0.15, 0.2) is 29.6 Å². The maximum absolute atomic E-state index is 13.6. The van der Waals surface area contributed by atoms with Gasteiger partial charge in [-0.05, 0) is 84.7 Å². The standard InChI is InChI=1S/C26H31N5O4S/c1-28-26(35)29-18-6-8-19-17(12-18)4-7-20(19)24(33)31(25(27)34)14-23(32)30-13-22-16(10-11-36-22)5-9-21(30)15-2-3-15/h6,8,10-12,15,20-21H,2-5,7,9,13-14H2,1H3,(H2,27,34)(H2,28,29,35)/t20-,21-/m0/s1. The minimum Gasteiger partial charge on any atom is -0.351 e. The Balaban J connectivity index is 1.33. The van der Waals surface area contributed by atoms with Gasteiger partial charge in [-0.1, -0.05) is 6.07 Å². The smallest absolute Gasteiger partial charge is 0.321 e. The molecule has 1 aromatic carbocycles. The van der Waals surface area contributed by atoms with Gasteiger partial charge >= 0.3 is 12.1 Å². The largest absolute Gasteiger partial charge is 0.351 e. The Bertz CT molecular complexity index is 1210. The Morgan fingerprint density at radius 1 is 1.08 bits per heavy atom. The molecule has 36 heavy (non-hydrogen) atoms. The summed E-state index contributed by atoms with van der Waals surface area (Å²) in [5.74, 6) is -0.749. The van der Waals surface area contributed by atoms with E-state index in [1.165, 1.54) is 17.5 Å². The molecule has 3 aliphatic rings. The molecule has 4 N–H and O–H groups in total. The molecule has 0 saturated heterocycles. The Hall–Kier alpha value is -3.40. The van der Waals surface area contributed by atoms with E-state index >= 15 is 0 Å². The van der Waals surface area contributed by atoms with E-state index in [2.05, 4.69) is 22.1 Å². The fourth-order valence-electron chi connectivity index (χ4n) is 5.53. The van der Waals surface area contributed by atoms with Crippen molar-refractivity contribution in [1.29, 1.82) is 0 Å². The Morgan fingerprint density at radius 2 is 1.86 bits per heavy atom. The van der Waals surface area contributed by atoms with Crippen LogP contribution >= 0.6 is 11.3 Å². The number of carbonyl (C=O) groups is 4. The van der Waals surface area contributed by atoms with Crippen molar-refractivity contribution in [3.63, 3.8) is 0 Å². The predicted molar refractivity (Wildman–Crippen MR) is 137 cm³/mol. The molecule has 1 fully saturated rings. The van der Waals surface area contributed by atoms with E-state index in [4.69, 9.17) is 5.73 Å². The van der Waals surface area contributed by atoms with Crippen LogP contribution in [0.25, 0.3) is 0 Å². The van der Waals surface area contributed by atoms with Crippen LogP contribution in [0.5, 0.6) is 0 Å². The molecule has 1 aliphatic heterocycles. The fourth-order valence-corrected chi connectivity index (χ4v) is 6.46. The SMILES string of the molecule is CNC(=O)Nc1ccc2c(c1)CC[C@@H]2C(=O)N(CC(=O)N1Cc2sccc2CC[C@H]1C1CC1)C(N)=O. The van der Waals surface area contributed by atoms with Gasteiger partial charge in [-0.15, -0.1) is 11.3 Å². The summed E-state index contributed by atoms with van der Waals surface area (Å²) in [6.45, 7) is 0.168. The molecule has 9 nitrogen and oxygen atoms in total. The molecule has 0 unspecified atom stereocenters. The molecular weight excluding hydrogens is 478 g/mol. The van der Waals surface area contributed by atoms with Gasteiger partial charge in [0.2, 0.25) is 11.8 Å². The molecular formula is C26H31N5O4S. The molecule has 2 aliphatic carbocycles. The highest BCUT2D eigenvalue weighted by Gasteiger charge is 2.41. The molecule has 6 amide bonds. The minimum atomic E-state index is -0.908. The van der Waals surface area contributed by atoms with E-state index in [9.17, 15) is 19.2 Å². The fraction of sp³-hybridized carbons (Fsp3) is 0.462. The molecule has 2 aromatic rings. The van der Waals surface area contributed by atoms with E-state index in [0.29, 0.717) is 31.0 Å². The van der Waals surface area contributed by atoms with Gasteiger partial charge in [0, 0.05) is 23.7 Å². The predicted octanol–water partition coefficient (Wildman–Crippen LogP) is 3.19. The first-order valence-electron chi connectivity index (χ1n) is 12.4. The molecule has 0 radical (unpaired) electrons. The number of imide groups is 1. The molecule has 2 heterocycles. The first-order chi connectivity index (χ1) is 17.4. The number of urea groups is 2. The highest BCUT2D eigenvalue weighted by molar-refractivity contribution is 7.10. The van der Waals surface area contributed by atoms with Crippen LogP contribution in [0.2, 0.25) is 0 Å². The Morgan fingerprint density at radius 3 is 2.58 bits per heavy atom. The van der Waals surface area contributed by atoms with E-state index in [-0.39, 0.29) is 24.5 Å². The zero-order valence-corrected chi connectivity index (χ0v) is 21.1. The number of carbonyl (C=O) groups excluding carboxylic acids is 4. The van der Waals surface area contributed by atoms with Crippen LogP contribution in [0.1, 0.15) is 53.2 Å². The zero-order chi connectivity index (χ0) is 25.4. The average molecular weight is 510 g/mol. The number of nitrogens with one attached hydrogen (secondary N) is 2. The number of anilines is 1. The Kier molecular flexibility index (Phi) is 6.70. The minimum absolute atomic E-state index is 0.125. The maximum atomic E-state index is 13.6. The Labute approximate surface area is 214 Å². The van der Waals surface area contributed by atoms with Gasteiger partial charge in [-0.3, -0.25) is 14.5 Å². The number of nitrogens with zero attached hydrogens (tertiary/aromatic N) is 2. The summed E-state index contributed by atoms with van der Waals surface area (Å²) in [5, 5.41) is 7.29. The van der Waals surface area contributed by atoms with E-state index in [1.54, 1.807) is 23.5 Å². The average Bonchev–Trinajstić information content (AvgIpc) is 3.51. The first-order valence-corrected chi connectivity index (χ1v) is 13.3. The van der Waals surface area contributed by atoms with Gasteiger partial charge in [0.15, 0.2) is 0 Å². The lowest BCUT2D eigenvalue weighted by Gasteiger charge is -2.32. The number of benzene rings is 1. The van der Waals surface area contributed by atoms with Gasteiger partial charge in [-0.25, -0.2) is 9.59 Å². The topological polar surface area (TPSA) is 125 Å². The summed E-state index contributed by atoms with van der Waals surface area (Å²) in [5.41, 5.74) is 9.29. The highest BCUT2D eigenvalue weighted by Crippen LogP contribution is 2.41.